The summed E-state index contributed by atoms with van der Waals surface area (Å²) in [5, 5.41) is 0. The average Bonchev–Trinajstić information content (AvgIpc) is 2.41. The van der Waals surface area contributed by atoms with Crippen LogP contribution in [0.2, 0.25) is 0 Å². The molecule has 0 fully saturated rings. The summed E-state index contributed by atoms with van der Waals surface area (Å²) in [7, 11) is 0. The van der Waals surface area contributed by atoms with Gasteiger partial charge in [0.2, 0.25) is 0 Å². The van der Waals surface area contributed by atoms with E-state index in [-0.39, 0.29) is 0 Å². The Labute approximate surface area is 136 Å². The first kappa shape index (κ1) is 25.8. The van der Waals surface area contributed by atoms with E-state index < -0.39 is 54.9 Å². The monoisotopic (exact) mass is 450 g/mol. The maximum absolute atomic E-state index is 12.9. The molecule has 0 amide bonds. The van der Waals surface area contributed by atoms with E-state index in [1.807, 2.05) is 0 Å². The zero-order valence-electron chi connectivity index (χ0n) is 11.6. The lowest BCUT2D eigenvalue weighted by atomic mass is 9.98. The Hall–Kier alpha value is -1.23. The lowest BCUT2D eigenvalue weighted by Gasteiger charge is -2.37. The quantitative estimate of drug-likeness (QED) is 0.459. The van der Waals surface area contributed by atoms with E-state index in [0.717, 1.165) is 0 Å². The van der Waals surface area contributed by atoms with Crippen LogP contribution >= 0.6 is 0 Å². The Kier molecular flexibility index (Phi) is 6.38. The van der Waals surface area contributed by atoms with Gasteiger partial charge in [0.1, 0.15) is 6.61 Å². The minimum Gasteiger partial charge on any atom is -0.311 e. The maximum Gasteiger partial charge on any atom is 0.460 e. The van der Waals surface area contributed by atoms with Gasteiger partial charge < -0.3 is 4.74 Å². The van der Waals surface area contributed by atoms with Gasteiger partial charge in [0.25, 0.3) is 6.17 Å². The largest absolute Gasteiger partial charge is 0.460 e. The van der Waals surface area contributed by atoms with Crippen LogP contribution in [0, 0.1) is 0 Å². The van der Waals surface area contributed by atoms with Crippen LogP contribution in [0.1, 0.15) is 0 Å². The van der Waals surface area contributed by atoms with E-state index in [0.29, 0.717) is 0 Å². The molecule has 27 heavy (non-hydrogen) atoms. The molecular formula is C9H3F17O. The van der Waals surface area contributed by atoms with E-state index in [1.54, 1.807) is 0 Å². The first-order valence-corrected chi connectivity index (χ1v) is 5.67. The Bertz CT molecular complexity index is 513. The second-order valence-corrected chi connectivity index (χ2v) is 4.68. The second-order valence-electron chi connectivity index (χ2n) is 4.68. The molecule has 0 radical (unpaired) electrons. The molecule has 1 atom stereocenters. The summed E-state index contributed by atoms with van der Waals surface area (Å²) in [4.78, 5) is 0. The normalized spacial score (nSPS) is 17.2. The summed E-state index contributed by atoms with van der Waals surface area (Å²) >= 11 is 0. The van der Waals surface area contributed by atoms with Crippen molar-refractivity contribution in [1.29, 1.82) is 0 Å². The standard InChI is InChI=1S/C9H3F17O/c10-2(4(13,14)15)5(16,17)27-1-3(11,12)6(18,19)7(20,21)8(22,23)9(24,25)26/h2H,1H2/t2-/m0/s1. The van der Waals surface area contributed by atoms with Gasteiger partial charge in [-0.25, -0.2) is 4.39 Å². The fourth-order valence-corrected chi connectivity index (χ4v) is 1.15. The highest BCUT2D eigenvalue weighted by Crippen LogP contribution is 2.57. The van der Waals surface area contributed by atoms with Crippen molar-refractivity contribution < 1.29 is 79.4 Å². The minimum atomic E-state index is -7.97. The number of ether oxygens (including phenoxy) is 1. The van der Waals surface area contributed by atoms with Gasteiger partial charge in [0, 0.05) is 0 Å². The molecule has 0 heterocycles. The number of alkyl halides is 17. The van der Waals surface area contributed by atoms with Crippen LogP contribution in [0.5, 0.6) is 0 Å². The lowest BCUT2D eigenvalue weighted by molar-refractivity contribution is -0.431. The Morgan fingerprint density at radius 2 is 0.926 bits per heavy atom. The van der Waals surface area contributed by atoms with Crippen molar-refractivity contribution in [3.05, 3.63) is 0 Å². The first-order valence-electron chi connectivity index (χ1n) is 5.67. The Morgan fingerprint density at radius 3 is 1.22 bits per heavy atom. The predicted octanol–water partition coefficient (Wildman–Crippen LogP) is 5.60. The Balaban J connectivity index is 5.75. The summed E-state index contributed by atoms with van der Waals surface area (Å²) in [6.07, 6.45) is -25.9. The smallest absolute Gasteiger partial charge is 0.311 e. The second kappa shape index (κ2) is 6.68. The van der Waals surface area contributed by atoms with Crippen LogP contribution in [-0.4, -0.2) is 54.9 Å². The molecule has 0 aromatic heterocycles. The van der Waals surface area contributed by atoms with Gasteiger partial charge in [-0.1, -0.05) is 0 Å². The van der Waals surface area contributed by atoms with Gasteiger partial charge in [-0.05, 0) is 0 Å². The third-order valence-electron chi connectivity index (χ3n) is 2.63. The van der Waals surface area contributed by atoms with Gasteiger partial charge in [-0.15, -0.1) is 0 Å². The predicted molar refractivity (Wildman–Crippen MR) is 47.7 cm³/mol. The number of rotatable bonds is 7. The molecule has 1 nitrogen and oxygen atoms in total. The molecule has 0 spiro atoms. The Morgan fingerprint density at radius 1 is 0.556 bits per heavy atom. The van der Waals surface area contributed by atoms with Crippen LogP contribution in [0.4, 0.5) is 74.6 Å². The topological polar surface area (TPSA) is 9.23 Å². The highest BCUT2D eigenvalue weighted by Gasteiger charge is 2.87. The van der Waals surface area contributed by atoms with Crippen molar-refractivity contribution >= 4 is 0 Å². The maximum atomic E-state index is 12.9. The highest BCUT2D eigenvalue weighted by molar-refractivity contribution is 5.06. The fourth-order valence-electron chi connectivity index (χ4n) is 1.15. The van der Waals surface area contributed by atoms with E-state index >= 15 is 0 Å². The number of hydrogen-bond donors (Lipinski definition) is 0. The average molecular weight is 450 g/mol. The highest BCUT2D eigenvalue weighted by atomic mass is 19.4. The van der Waals surface area contributed by atoms with Crippen molar-refractivity contribution in [2.45, 2.75) is 48.3 Å². The van der Waals surface area contributed by atoms with Crippen molar-refractivity contribution in [1.82, 2.24) is 0 Å². The molecule has 0 saturated carbocycles. The molecular weight excluding hydrogens is 447 g/mol. The summed E-state index contributed by atoms with van der Waals surface area (Å²) in [5.41, 5.74) is 0. The van der Waals surface area contributed by atoms with Gasteiger partial charge in [-0.2, -0.15) is 70.2 Å². The molecule has 0 aromatic rings. The molecule has 18 heteroatoms. The van der Waals surface area contributed by atoms with Gasteiger partial charge in [0.15, 0.2) is 0 Å². The number of hydrogen-bond acceptors (Lipinski definition) is 1. The SMILES string of the molecule is F[C@@H](C(F)(F)F)C(F)(F)OCC(F)(F)C(F)(F)C(F)(F)C(F)(F)C(F)(F)F. The van der Waals surface area contributed by atoms with Crippen molar-refractivity contribution in [3.8, 4) is 0 Å². The van der Waals surface area contributed by atoms with Crippen LogP contribution in [0.15, 0.2) is 0 Å². The zero-order chi connectivity index (χ0) is 22.5. The fraction of sp³-hybridized carbons (Fsp3) is 1.00. The minimum absolute atomic E-state index is 2.14. The molecule has 0 bridgehead atoms. The van der Waals surface area contributed by atoms with Gasteiger partial charge >= 0.3 is 42.2 Å². The lowest BCUT2D eigenvalue weighted by Crippen LogP contribution is -2.67. The van der Waals surface area contributed by atoms with Crippen molar-refractivity contribution in [2.75, 3.05) is 6.61 Å². The summed E-state index contributed by atoms with van der Waals surface area (Å²) in [5.74, 6) is -30.6. The van der Waals surface area contributed by atoms with Crippen LogP contribution in [-0.2, 0) is 4.74 Å². The van der Waals surface area contributed by atoms with Gasteiger partial charge in [-0.3, -0.25) is 0 Å². The summed E-state index contributed by atoms with van der Waals surface area (Å²) < 4.78 is 212. The van der Waals surface area contributed by atoms with Crippen LogP contribution in [0.3, 0.4) is 0 Å². The summed E-state index contributed by atoms with van der Waals surface area (Å²) in [6.45, 7) is -3.98. The van der Waals surface area contributed by atoms with E-state index in [2.05, 4.69) is 4.74 Å². The molecule has 0 aromatic carbocycles. The third kappa shape index (κ3) is 4.44. The van der Waals surface area contributed by atoms with Crippen LogP contribution < -0.4 is 0 Å². The van der Waals surface area contributed by atoms with E-state index in [4.69, 9.17) is 0 Å². The number of halogens is 17. The molecule has 0 N–H and O–H groups in total. The summed E-state index contributed by atoms with van der Waals surface area (Å²) in [6, 6.07) is 0. The van der Waals surface area contributed by atoms with Crippen LogP contribution in [0.25, 0.3) is 0 Å². The molecule has 0 aliphatic carbocycles. The molecule has 0 aliphatic rings. The molecule has 0 aliphatic heterocycles. The third-order valence-corrected chi connectivity index (χ3v) is 2.63. The molecule has 164 valence electrons. The van der Waals surface area contributed by atoms with E-state index in [9.17, 15) is 74.6 Å². The molecule has 0 rings (SSSR count). The van der Waals surface area contributed by atoms with E-state index in [1.165, 1.54) is 0 Å². The van der Waals surface area contributed by atoms with Gasteiger partial charge in [0.05, 0.1) is 0 Å². The zero-order valence-corrected chi connectivity index (χ0v) is 11.6. The van der Waals surface area contributed by atoms with Crippen molar-refractivity contribution in [3.63, 3.8) is 0 Å². The molecule has 0 saturated heterocycles. The first-order chi connectivity index (χ1) is 11.4. The molecule has 0 unspecified atom stereocenters. The van der Waals surface area contributed by atoms with Crippen molar-refractivity contribution in [2.24, 2.45) is 0 Å².